The Morgan fingerprint density at radius 3 is 2.50 bits per heavy atom. The standard InChI is InChI=1S/C14H13BrFNO2S/c1-9-6-11(16)3-2-10(9)8-20(18,19)14-5-4-12(17)7-13(14)15/h2-7H,8,17H2,1H3. The number of sulfone groups is 1. The lowest BCUT2D eigenvalue weighted by Gasteiger charge is -2.09. The van der Waals surface area contributed by atoms with Crippen LogP contribution in [-0.2, 0) is 15.6 Å². The van der Waals surface area contributed by atoms with E-state index in [9.17, 15) is 12.8 Å². The van der Waals surface area contributed by atoms with Crippen LogP contribution in [0.2, 0.25) is 0 Å². The molecule has 106 valence electrons. The van der Waals surface area contributed by atoms with Gasteiger partial charge in [-0.05, 0) is 64.3 Å². The molecule has 0 aromatic heterocycles. The lowest BCUT2D eigenvalue weighted by Crippen LogP contribution is -2.07. The smallest absolute Gasteiger partial charge is 0.183 e. The van der Waals surface area contributed by atoms with Crippen molar-refractivity contribution >= 4 is 31.5 Å². The summed E-state index contributed by atoms with van der Waals surface area (Å²) in [5.41, 5.74) is 7.27. The largest absolute Gasteiger partial charge is 0.399 e. The van der Waals surface area contributed by atoms with E-state index in [1.165, 1.54) is 30.3 Å². The molecule has 0 atom stereocenters. The minimum absolute atomic E-state index is 0.176. The number of nitrogens with two attached hydrogens (primary N) is 1. The SMILES string of the molecule is Cc1cc(F)ccc1CS(=O)(=O)c1ccc(N)cc1Br. The predicted molar refractivity (Wildman–Crippen MR) is 80.6 cm³/mol. The Hall–Kier alpha value is -1.40. The molecule has 0 aliphatic carbocycles. The second-order valence-corrected chi connectivity index (χ2v) is 7.33. The van der Waals surface area contributed by atoms with Crippen LogP contribution in [0.5, 0.6) is 0 Å². The topological polar surface area (TPSA) is 60.2 Å². The number of anilines is 1. The zero-order valence-corrected chi connectivity index (χ0v) is 13.1. The molecule has 0 spiro atoms. The van der Waals surface area contributed by atoms with Crippen LogP contribution >= 0.6 is 15.9 Å². The molecule has 0 unspecified atom stereocenters. The maximum Gasteiger partial charge on any atom is 0.183 e. The second-order valence-electron chi connectivity index (χ2n) is 4.52. The van der Waals surface area contributed by atoms with Crippen LogP contribution in [0.4, 0.5) is 10.1 Å². The molecule has 2 N–H and O–H groups in total. The Morgan fingerprint density at radius 2 is 1.90 bits per heavy atom. The van der Waals surface area contributed by atoms with Gasteiger partial charge in [0.1, 0.15) is 5.82 Å². The molecule has 0 fully saturated rings. The third-order valence-corrected chi connectivity index (χ3v) is 5.58. The van der Waals surface area contributed by atoms with E-state index < -0.39 is 9.84 Å². The Morgan fingerprint density at radius 1 is 1.20 bits per heavy atom. The van der Waals surface area contributed by atoms with E-state index in [-0.39, 0.29) is 16.5 Å². The number of benzene rings is 2. The van der Waals surface area contributed by atoms with Gasteiger partial charge in [0.05, 0.1) is 10.6 Å². The first kappa shape index (κ1) is 15.0. The summed E-state index contributed by atoms with van der Waals surface area (Å²) < 4.78 is 38.3. The molecular weight excluding hydrogens is 345 g/mol. The summed E-state index contributed by atoms with van der Waals surface area (Å²) in [6.45, 7) is 1.69. The average molecular weight is 358 g/mol. The zero-order chi connectivity index (χ0) is 14.9. The van der Waals surface area contributed by atoms with E-state index in [0.717, 1.165) is 0 Å². The summed E-state index contributed by atoms with van der Waals surface area (Å²) >= 11 is 3.21. The summed E-state index contributed by atoms with van der Waals surface area (Å²) in [5.74, 6) is -0.556. The number of nitrogen functional groups attached to an aromatic ring is 1. The Balaban J connectivity index is 2.41. The fourth-order valence-electron chi connectivity index (χ4n) is 1.87. The van der Waals surface area contributed by atoms with Gasteiger partial charge in [0, 0.05) is 10.2 Å². The number of hydrogen-bond acceptors (Lipinski definition) is 3. The van der Waals surface area contributed by atoms with Gasteiger partial charge in [0.2, 0.25) is 0 Å². The minimum atomic E-state index is -3.52. The van der Waals surface area contributed by atoms with Gasteiger partial charge in [0.25, 0.3) is 0 Å². The molecule has 0 saturated heterocycles. The molecule has 6 heteroatoms. The van der Waals surface area contributed by atoms with Gasteiger partial charge in [0.15, 0.2) is 9.84 Å². The maximum absolute atomic E-state index is 13.0. The van der Waals surface area contributed by atoms with Gasteiger partial charge < -0.3 is 5.73 Å². The molecule has 20 heavy (non-hydrogen) atoms. The van der Waals surface area contributed by atoms with E-state index in [1.54, 1.807) is 13.0 Å². The molecule has 0 radical (unpaired) electrons. The maximum atomic E-state index is 13.0. The number of hydrogen-bond donors (Lipinski definition) is 1. The van der Waals surface area contributed by atoms with Crippen LogP contribution in [0.25, 0.3) is 0 Å². The molecule has 0 heterocycles. The van der Waals surface area contributed by atoms with Gasteiger partial charge in [-0.2, -0.15) is 0 Å². The van der Waals surface area contributed by atoms with Crippen molar-refractivity contribution in [3.05, 3.63) is 57.8 Å². The first-order chi connectivity index (χ1) is 9.29. The van der Waals surface area contributed by atoms with Crippen LogP contribution in [0.3, 0.4) is 0 Å². The highest BCUT2D eigenvalue weighted by atomic mass is 79.9. The van der Waals surface area contributed by atoms with Crippen molar-refractivity contribution in [1.82, 2.24) is 0 Å². The molecule has 0 saturated carbocycles. The first-order valence-corrected chi connectivity index (χ1v) is 8.27. The van der Waals surface area contributed by atoms with E-state index in [4.69, 9.17) is 5.73 Å². The predicted octanol–water partition coefficient (Wildman–Crippen LogP) is 3.45. The van der Waals surface area contributed by atoms with Gasteiger partial charge >= 0.3 is 0 Å². The first-order valence-electron chi connectivity index (χ1n) is 5.82. The number of aryl methyl sites for hydroxylation is 1. The van der Waals surface area contributed by atoms with Crippen LogP contribution in [-0.4, -0.2) is 8.42 Å². The number of rotatable bonds is 3. The molecule has 2 aromatic rings. The van der Waals surface area contributed by atoms with Crippen molar-refractivity contribution in [2.75, 3.05) is 5.73 Å². The Labute approximate surface area is 125 Å². The quantitative estimate of drug-likeness (QED) is 0.855. The van der Waals surface area contributed by atoms with E-state index in [1.807, 2.05) is 0 Å². The van der Waals surface area contributed by atoms with Crippen molar-refractivity contribution in [2.24, 2.45) is 0 Å². The van der Waals surface area contributed by atoms with Gasteiger partial charge in [-0.15, -0.1) is 0 Å². The van der Waals surface area contributed by atoms with Crippen LogP contribution < -0.4 is 5.73 Å². The fraction of sp³-hybridized carbons (Fsp3) is 0.143. The van der Waals surface area contributed by atoms with Crippen molar-refractivity contribution in [1.29, 1.82) is 0 Å². The molecule has 0 bridgehead atoms. The molecule has 0 aliphatic rings. The summed E-state index contributed by atoms with van der Waals surface area (Å²) in [6.07, 6.45) is 0. The zero-order valence-electron chi connectivity index (χ0n) is 10.7. The summed E-state index contributed by atoms with van der Waals surface area (Å²) in [4.78, 5) is 0.176. The van der Waals surface area contributed by atoms with Crippen molar-refractivity contribution in [3.63, 3.8) is 0 Å². The molecular formula is C14H13BrFNO2S. The summed E-state index contributed by atoms with van der Waals surface area (Å²) in [6, 6.07) is 8.62. The van der Waals surface area contributed by atoms with E-state index >= 15 is 0 Å². The van der Waals surface area contributed by atoms with E-state index in [2.05, 4.69) is 15.9 Å². The van der Waals surface area contributed by atoms with Gasteiger partial charge in [-0.1, -0.05) is 6.07 Å². The minimum Gasteiger partial charge on any atom is -0.399 e. The van der Waals surface area contributed by atoms with Crippen molar-refractivity contribution in [2.45, 2.75) is 17.6 Å². The highest BCUT2D eigenvalue weighted by molar-refractivity contribution is 9.10. The van der Waals surface area contributed by atoms with Crippen LogP contribution in [0.1, 0.15) is 11.1 Å². The van der Waals surface area contributed by atoms with Crippen molar-refractivity contribution < 1.29 is 12.8 Å². The second kappa shape index (κ2) is 5.54. The molecule has 0 aliphatic heterocycles. The highest BCUT2D eigenvalue weighted by Crippen LogP contribution is 2.27. The van der Waals surface area contributed by atoms with Crippen LogP contribution in [0, 0.1) is 12.7 Å². The normalized spacial score (nSPS) is 11.6. The molecule has 2 rings (SSSR count). The van der Waals surface area contributed by atoms with E-state index in [0.29, 0.717) is 21.3 Å². The summed E-state index contributed by atoms with van der Waals surface area (Å²) in [5, 5.41) is 0. The Kier molecular flexibility index (Phi) is 4.15. The number of halogens is 2. The summed E-state index contributed by atoms with van der Waals surface area (Å²) in [7, 11) is -3.52. The highest BCUT2D eigenvalue weighted by Gasteiger charge is 2.19. The molecule has 3 nitrogen and oxygen atoms in total. The molecule has 0 amide bonds. The third-order valence-electron chi connectivity index (χ3n) is 2.94. The monoisotopic (exact) mass is 357 g/mol. The average Bonchev–Trinajstić information content (AvgIpc) is 2.32. The molecule has 2 aromatic carbocycles. The van der Waals surface area contributed by atoms with Crippen molar-refractivity contribution in [3.8, 4) is 0 Å². The fourth-order valence-corrected chi connectivity index (χ4v) is 4.53. The Bertz CT molecular complexity index is 760. The lowest BCUT2D eigenvalue weighted by molar-refractivity contribution is 0.594. The van der Waals surface area contributed by atoms with Crippen LogP contribution in [0.15, 0.2) is 45.8 Å². The third kappa shape index (κ3) is 3.19. The van der Waals surface area contributed by atoms with Gasteiger partial charge in [-0.3, -0.25) is 0 Å². The van der Waals surface area contributed by atoms with Gasteiger partial charge in [-0.25, -0.2) is 12.8 Å². The lowest BCUT2D eigenvalue weighted by atomic mass is 10.1.